The van der Waals surface area contributed by atoms with Crippen molar-refractivity contribution in [2.45, 2.75) is 13.5 Å². The van der Waals surface area contributed by atoms with Crippen LogP contribution in [0, 0.1) is 6.92 Å². The Morgan fingerprint density at radius 3 is 2.43 bits per heavy atom. The van der Waals surface area contributed by atoms with Crippen LogP contribution < -0.4 is 9.47 Å². The molecule has 0 N–H and O–H groups in total. The molecule has 1 fully saturated rings. The summed E-state index contributed by atoms with van der Waals surface area (Å²) in [5.41, 5.74) is 2.63. The first-order valence-electron chi connectivity index (χ1n) is 10.4. The topological polar surface area (TPSA) is 72.9 Å². The number of halogens is 2. The standard InChI is InChI=1S/C26H19Cl2NO5S/c1-15-7-9-16(10-8-15)14-29-24(30)22(35-26(29)32)13-17-11-20(28)23(21(12-17)33-2)34-25(31)18-5-3-4-6-19(18)27/h3-13H,14H2,1-2H3/b22-13-. The molecule has 3 aromatic rings. The number of carbonyl (C=O) groups excluding carboxylic acids is 3. The molecule has 0 bridgehead atoms. The van der Waals surface area contributed by atoms with Gasteiger partial charge in [0.1, 0.15) is 0 Å². The van der Waals surface area contributed by atoms with Crippen molar-refractivity contribution in [3.05, 3.63) is 97.9 Å². The van der Waals surface area contributed by atoms with E-state index in [1.165, 1.54) is 24.1 Å². The van der Waals surface area contributed by atoms with Crippen LogP contribution in [-0.2, 0) is 11.3 Å². The average Bonchev–Trinajstić information content (AvgIpc) is 3.09. The van der Waals surface area contributed by atoms with Gasteiger partial charge in [0.15, 0.2) is 11.5 Å². The number of esters is 1. The van der Waals surface area contributed by atoms with E-state index in [9.17, 15) is 14.4 Å². The Balaban J connectivity index is 1.57. The minimum absolute atomic E-state index is 0.0173. The zero-order valence-corrected chi connectivity index (χ0v) is 21.0. The summed E-state index contributed by atoms with van der Waals surface area (Å²) in [6, 6.07) is 17.2. The van der Waals surface area contributed by atoms with Crippen LogP contribution in [0.3, 0.4) is 0 Å². The molecule has 0 saturated carbocycles. The van der Waals surface area contributed by atoms with Crippen molar-refractivity contribution in [2.75, 3.05) is 7.11 Å². The summed E-state index contributed by atoms with van der Waals surface area (Å²) in [6.45, 7) is 2.15. The monoisotopic (exact) mass is 527 g/mol. The van der Waals surface area contributed by atoms with Crippen molar-refractivity contribution in [3.8, 4) is 11.5 Å². The van der Waals surface area contributed by atoms with E-state index >= 15 is 0 Å². The summed E-state index contributed by atoms with van der Waals surface area (Å²) in [5, 5.41) is -0.0226. The molecule has 0 atom stereocenters. The molecule has 2 amide bonds. The van der Waals surface area contributed by atoms with Crippen LogP contribution in [0.2, 0.25) is 10.0 Å². The number of nitrogens with zero attached hydrogens (tertiary/aromatic N) is 1. The van der Waals surface area contributed by atoms with Crippen molar-refractivity contribution in [1.82, 2.24) is 4.90 Å². The van der Waals surface area contributed by atoms with Gasteiger partial charge in [-0.3, -0.25) is 14.5 Å². The molecule has 0 spiro atoms. The number of carbonyl (C=O) groups is 3. The minimum Gasteiger partial charge on any atom is -0.493 e. The van der Waals surface area contributed by atoms with E-state index in [0.29, 0.717) is 5.56 Å². The van der Waals surface area contributed by atoms with Gasteiger partial charge in [-0.15, -0.1) is 0 Å². The first-order valence-corrected chi connectivity index (χ1v) is 12.0. The summed E-state index contributed by atoms with van der Waals surface area (Å²) in [4.78, 5) is 39.4. The van der Waals surface area contributed by atoms with Gasteiger partial charge in [0.2, 0.25) is 0 Å². The van der Waals surface area contributed by atoms with Gasteiger partial charge in [-0.2, -0.15) is 0 Å². The summed E-state index contributed by atoms with van der Waals surface area (Å²) in [6.07, 6.45) is 1.55. The van der Waals surface area contributed by atoms with Gasteiger partial charge < -0.3 is 9.47 Å². The third-order valence-corrected chi connectivity index (χ3v) is 6.69. The Labute approximate surface area is 216 Å². The van der Waals surface area contributed by atoms with Crippen LogP contribution in [0.1, 0.15) is 27.0 Å². The Bertz CT molecular complexity index is 1350. The van der Waals surface area contributed by atoms with Gasteiger partial charge in [-0.25, -0.2) is 4.79 Å². The van der Waals surface area contributed by atoms with E-state index in [2.05, 4.69) is 0 Å². The molecule has 0 aliphatic carbocycles. The van der Waals surface area contributed by atoms with Crippen molar-refractivity contribution in [1.29, 1.82) is 0 Å². The van der Waals surface area contributed by atoms with Crippen LogP contribution in [0.15, 0.2) is 65.6 Å². The number of methoxy groups -OCH3 is 1. The van der Waals surface area contributed by atoms with E-state index < -0.39 is 11.9 Å². The van der Waals surface area contributed by atoms with E-state index in [4.69, 9.17) is 32.7 Å². The van der Waals surface area contributed by atoms with Gasteiger partial charge in [0.05, 0.1) is 34.2 Å². The molecular formula is C26H19Cl2NO5S. The number of aryl methyl sites for hydroxylation is 1. The molecule has 0 radical (unpaired) electrons. The zero-order valence-electron chi connectivity index (χ0n) is 18.7. The molecule has 0 aromatic heterocycles. The molecule has 4 rings (SSSR count). The maximum Gasteiger partial charge on any atom is 0.345 e. The Kier molecular flexibility index (Phi) is 7.50. The smallest absolute Gasteiger partial charge is 0.345 e. The average molecular weight is 528 g/mol. The van der Waals surface area contributed by atoms with Gasteiger partial charge >= 0.3 is 5.97 Å². The summed E-state index contributed by atoms with van der Waals surface area (Å²) in [7, 11) is 1.40. The lowest BCUT2D eigenvalue weighted by atomic mass is 10.1. The van der Waals surface area contributed by atoms with E-state index in [1.807, 2.05) is 31.2 Å². The Morgan fingerprint density at radius 2 is 1.74 bits per heavy atom. The summed E-state index contributed by atoms with van der Waals surface area (Å²) >= 11 is 13.3. The Hall–Kier alpha value is -3.26. The third kappa shape index (κ3) is 5.53. The molecule has 1 saturated heterocycles. The quantitative estimate of drug-likeness (QED) is 0.200. The Morgan fingerprint density at radius 1 is 1.03 bits per heavy atom. The molecule has 1 aliphatic heterocycles. The SMILES string of the molecule is COc1cc(/C=C2\SC(=O)N(Cc3ccc(C)cc3)C2=O)cc(Cl)c1OC(=O)c1ccccc1Cl. The fourth-order valence-electron chi connectivity index (χ4n) is 3.36. The predicted octanol–water partition coefficient (Wildman–Crippen LogP) is 6.77. The number of imide groups is 1. The lowest BCUT2D eigenvalue weighted by molar-refractivity contribution is -0.123. The van der Waals surface area contributed by atoms with E-state index in [1.54, 1.807) is 30.3 Å². The van der Waals surface area contributed by atoms with Crippen molar-refractivity contribution < 1.29 is 23.9 Å². The fourth-order valence-corrected chi connectivity index (χ4v) is 4.67. The third-order valence-electron chi connectivity index (χ3n) is 5.17. The zero-order chi connectivity index (χ0) is 25.1. The van der Waals surface area contributed by atoms with Crippen LogP contribution in [-0.4, -0.2) is 29.1 Å². The molecule has 3 aromatic carbocycles. The highest BCUT2D eigenvalue weighted by Gasteiger charge is 2.35. The highest BCUT2D eigenvalue weighted by Crippen LogP contribution is 2.39. The fraction of sp³-hybridized carbons (Fsp3) is 0.115. The van der Waals surface area contributed by atoms with Gasteiger partial charge in [-0.05, 0) is 60.2 Å². The van der Waals surface area contributed by atoms with Crippen LogP contribution in [0.5, 0.6) is 11.5 Å². The highest BCUT2D eigenvalue weighted by molar-refractivity contribution is 8.18. The second kappa shape index (κ2) is 10.6. The second-order valence-corrected chi connectivity index (χ2v) is 9.46. The first-order chi connectivity index (χ1) is 16.8. The molecule has 9 heteroatoms. The number of benzene rings is 3. The number of thioether (sulfide) groups is 1. The molecule has 1 aliphatic rings. The van der Waals surface area contributed by atoms with E-state index in [-0.39, 0.29) is 43.8 Å². The molecule has 178 valence electrons. The number of hydrogen-bond donors (Lipinski definition) is 0. The van der Waals surface area contributed by atoms with Gasteiger partial charge in [-0.1, -0.05) is 65.2 Å². The maximum absolute atomic E-state index is 12.9. The lowest BCUT2D eigenvalue weighted by Crippen LogP contribution is -2.27. The molecule has 35 heavy (non-hydrogen) atoms. The van der Waals surface area contributed by atoms with E-state index in [0.717, 1.165) is 22.9 Å². The normalized spacial score (nSPS) is 14.5. The molecular weight excluding hydrogens is 509 g/mol. The summed E-state index contributed by atoms with van der Waals surface area (Å²) < 4.78 is 10.8. The second-order valence-electron chi connectivity index (χ2n) is 7.66. The molecule has 1 heterocycles. The van der Waals surface area contributed by atoms with Crippen LogP contribution in [0.25, 0.3) is 6.08 Å². The number of hydrogen-bond acceptors (Lipinski definition) is 6. The molecule has 6 nitrogen and oxygen atoms in total. The minimum atomic E-state index is -0.694. The molecule has 0 unspecified atom stereocenters. The number of amides is 2. The van der Waals surface area contributed by atoms with Crippen LogP contribution in [0.4, 0.5) is 4.79 Å². The predicted molar refractivity (Wildman–Crippen MR) is 137 cm³/mol. The van der Waals surface area contributed by atoms with Crippen molar-refractivity contribution >= 4 is 58.2 Å². The number of rotatable bonds is 6. The lowest BCUT2D eigenvalue weighted by Gasteiger charge is -2.13. The van der Waals surface area contributed by atoms with Crippen LogP contribution >= 0.6 is 35.0 Å². The van der Waals surface area contributed by atoms with Gasteiger partial charge in [0, 0.05) is 0 Å². The first kappa shape index (κ1) is 24.9. The van der Waals surface area contributed by atoms with Crippen molar-refractivity contribution in [2.24, 2.45) is 0 Å². The number of ether oxygens (including phenoxy) is 2. The van der Waals surface area contributed by atoms with Gasteiger partial charge in [0.25, 0.3) is 11.1 Å². The maximum atomic E-state index is 12.9. The highest BCUT2D eigenvalue weighted by atomic mass is 35.5. The summed E-state index contributed by atoms with van der Waals surface area (Å²) in [5.74, 6) is -0.891. The largest absolute Gasteiger partial charge is 0.493 e. The van der Waals surface area contributed by atoms with Crippen molar-refractivity contribution in [3.63, 3.8) is 0 Å².